The molecule has 4 heteroatoms. The second-order valence-electron chi connectivity index (χ2n) is 6.42. The smallest absolute Gasteiger partial charge is 0.229 e. The van der Waals surface area contributed by atoms with Crippen molar-refractivity contribution in [2.24, 2.45) is 5.92 Å². The molecule has 22 heavy (non-hydrogen) atoms. The van der Waals surface area contributed by atoms with Gasteiger partial charge >= 0.3 is 0 Å². The van der Waals surface area contributed by atoms with E-state index in [-0.39, 0.29) is 17.7 Å². The Hall–Kier alpha value is -1.84. The number of fused-ring (bicyclic) bond motifs is 1. The lowest BCUT2D eigenvalue weighted by molar-refractivity contribution is -0.128. The second-order valence-corrected chi connectivity index (χ2v) is 6.42. The van der Waals surface area contributed by atoms with Crippen LogP contribution < -0.4 is 5.32 Å². The first kappa shape index (κ1) is 15.1. The number of rotatable bonds is 5. The molecule has 0 saturated carbocycles. The molecule has 1 saturated heterocycles. The molecule has 1 atom stereocenters. The van der Waals surface area contributed by atoms with Crippen LogP contribution in [0.1, 0.15) is 43.7 Å². The van der Waals surface area contributed by atoms with Gasteiger partial charge in [0.1, 0.15) is 0 Å². The minimum atomic E-state index is -0.211. The van der Waals surface area contributed by atoms with E-state index in [1.165, 1.54) is 17.5 Å². The first-order valence-electron chi connectivity index (χ1n) is 8.38. The van der Waals surface area contributed by atoms with E-state index >= 15 is 0 Å². The lowest BCUT2D eigenvalue weighted by atomic mass is 10.1. The molecule has 1 aromatic carbocycles. The molecular weight excluding hydrogens is 276 g/mol. The van der Waals surface area contributed by atoms with Crippen molar-refractivity contribution in [1.82, 2.24) is 4.90 Å². The first-order chi connectivity index (χ1) is 10.7. The summed E-state index contributed by atoms with van der Waals surface area (Å²) in [7, 11) is 0. The zero-order valence-corrected chi connectivity index (χ0v) is 13.2. The maximum atomic E-state index is 12.4. The maximum absolute atomic E-state index is 12.4. The number of anilines is 1. The predicted octanol–water partition coefficient (Wildman–Crippen LogP) is 2.76. The third-order valence-electron chi connectivity index (χ3n) is 4.73. The van der Waals surface area contributed by atoms with E-state index in [2.05, 4.69) is 24.4 Å². The van der Waals surface area contributed by atoms with Crippen LogP contribution in [0.3, 0.4) is 0 Å². The van der Waals surface area contributed by atoms with Gasteiger partial charge in [0.05, 0.1) is 5.92 Å². The molecule has 118 valence electrons. The minimum absolute atomic E-state index is 0.0229. The molecule has 4 nitrogen and oxygen atoms in total. The zero-order chi connectivity index (χ0) is 15.5. The summed E-state index contributed by atoms with van der Waals surface area (Å²) in [5.74, 6) is -0.120. The van der Waals surface area contributed by atoms with Crippen LogP contribution in [0.2, 0.25) is 0 Å². The van der Waals surface area contributed by atoms with Gasteiger partial charge in [0.15, 0.2) is 0 Å². The van der Waals surface area contributed by atoms with Crippen molar-refractivity contribution >= 4 is 17.5 Å². The second kappa shape index (κ2) is 6.51. The molecule has 1 aliphatic carbocycles. The van der Waals surface area contributed by atoms with Gasteiger partial charge in [-0.25, -0.2) is 0 Å². The fourth-order valence-corrected chi connectivity index (χ4v) is 3.41. The Morgan fingerprint density at radius 3 is 2.95 bits per heavy atom. The molecule has 2 aliphatic rings. The van der Waals surface area contributed by atoms with Crippen LogP contribution in [0.25, 0.3) is 0 Å². The molecule has 0 unspecified atom stereocenters. The summed E-state index contributed by atoms with van der Waals surface area (Å²) in [5, 5.41) is 2.99. The van der Waals surface area contributed by atoms with Gasteiger partial charge in [0, 0.05) is 25.2 Å². The Kier molecular flexibility index (Phi) is 4.46. The molecule has 3 rings (SSSR count). The quantitative estimate of drug-likeness (QED) is 0.909. The molecule has 2 amide bonds. The SMILES string of the molecule is CCCCN1C[C@H](C(=O)Nc2ccc3c(c2)CCC3)CC1=O. The van der Waals surface area contributed by atoms with E-state index in [0.717, 1.165) is 37.9 Å². The number of nitrogens with zero attached hydrogens (tertiary/aromatic N) is 1. The van der Waals surface area contributed by atoms with Crippen molar-refractivity contribution in [2.75, 3.05) is 18.4 Å². The van der Waals surface area contributed by atoms with Gasteiger partial charge in [0.2, 0.25) is 11.8 Å². The number of nitrogens with one attached hydrogen (secondary N) is 1. The van der Waals surface area contributed by atoms with Crippen molar-refractivity contribution in [3.8, 4) is 0 Å². The Bertz CT molecular complexity index is 582. The maximum Gasteiger partial charge on any atom is 0.229 e. The summed E-state index contributed by atoms with van der Waals surface area (Å²) in [4.78, 5) is 26.2. The number of benzene rings is 1. The van der Waals surface area contributed by atoms with E-state index in [9.17, 15) is 9.59 Å². The summed E-state index contributed by atoms with van der Waals surface area (Å²) in [6.45, 7) is 3.45. The fraction of sp³-hybridized carbons (Fsp3) is 0.556. The highest BCUT2D eigenvalue weighted by atomic mass is 16.2. The predicted molar refractivity (Wildman–Crippen MR) is 86.7 cm³/mol. The summed E-state index contributed by atoms with van der Waals surface area (Å²) in [5.41, 5.74) is 3.62. The fourth-order valence-electron chi connectivity index (χ4n) is 3.41. The molecule has 0 spiro atoms. The van der Waals surface area contributed by atoms with Crippen molar-refractivity contribution < 1.29 is 9.59 Å². The Labute approximate surface area is 131 Å². The Morgan fingerprint density at radius 2 is 2.14 bits per heavy atom. The normalized spacial score (nSPS) is 20.3. The number of hydrogen-bond acceptors (Lipinski definition) is 2. The number of amides is 2. The number of hydrogen-bond donors (Lipinski definition) is 1. The average Bonchev–Trinajstić information content (AvgIpc) is 3.11. The van der Waals surface area contributed by atoms with E-state index in [1.807, 2.05) is 11.0 Å². The van der Waals surface area contributed by atoms with E-state index in [4.69, 9.17) is 0 Å². The highest BCUT2D eigenvalue weighted by Crippen LogP contribution is 2.26. The molecule has 0 aromatic heterocycles. The summed E-state index contributed by atoms with van der Waals surface area (Å²) >= 11 is 0. The lowest BCUT2D eigenvalue weighted by Gasteiger charge is -2.16. The highest BCUT2D eigenvalue weighted by molar-refractivity contribution is 5.97. The lowest BCUT2D eigenvalue weighted by Crippen LogP contribution is -2.29. The molecule has 1 aromatic rings. The monoisotopic (exact) mass is 300 g/mol. The first-order valence-corrected chi connectivity index (χ1v) is 8.38. The van der Waals surface area contributed by atoms with Gasteiger partial charge in [-0.15, -0.1) is 0 Å². The van der Waals surface area contributed by atoms with Crippen molar-refractivity contribution in [3.63, 3.8) is 0 Å². The van der Waals surface area contributed by atoms with Crippen molar-refractivity contribution in [2.45, 2.75) is 45.4 Å². The number of aryl methyl sites for hydroxylation is 2. The van der Waals surface area contributed by atoms with Crippen molar-refractivity contribution in [3.05, 3.63) is 29.3 Å². The summed E-state index contributed by atoms with van der Waals surface area (Å²) in [6, 6.07) is 6.19. The van der Waals surface area contributed by atoms with Crippen LogP contribution in [-0.2, 0) is 22.4 Å². The van der Waals surface area contributed by atoms with Gasteiger partial charge in [-0.1, -0.05) is 19.4 Å². The van der Waals surface area contributed by atoms with Gasteiger partial charge in [-0.2, -0.15) is 0 Å². The van der Waals surface area contributed by atoms with E-state index in [1.54, 1.807) is 0 Å². The van der Waals surface area contributed by atoms with Crippen LogP contribution >= 0.6 is 0 Å². The standard InChI is InChI=1S/C18H24N2O2/c1-2-3-9-20-12-15(11-17(20)21)18(22)19-16-8-7-13-5-4-6-14(13)10-16/h7-8,10,15H,2-6,9,11-12H2,1H3,(H,19,22)/t15-/m1/s1. The van der Waals surface area contributed by atoms with Crippen LogP contribution in [-0.4, -0.2) is 29.8 Å². The largest absolute Gasteiger partial charge is 0.342 e. The minimum Gasteiger partial charge on any atom is -0.342 e. The number of unbranched alkanes of at least 4 members (excludes halogenated alkanes) is 1. The van der Waals surface area contributed by atoms with Gasteiger partial charge in [-0.05, 0) is 48.9 Å². The van der Waals surface area contributed by atoms with Gasteiger partial charge in [-0.3, -0.25) is 9.59 Å². The highest BCUT2D eigenvalue weighted by Gasteiger charge is 2.33. The zero-order valence-electron chi connectivity index (χ0n) is 13.2. The molecule has 1 heterocycles. The van der Waals surface area contributed by atoms with E-state index in [0.29, 0.717) is 13.0 Å². The molecule has 1 aliphatic heterocycles. The van der Waals surface area contributed by atoms with Crippen LogP contribution in [0, 0.1) is 5.92 Å². The topological polar surface area (TPSA) is 49.4 Å². The number of likely N-dealkylation sites (tertiary alicyclic amines) is 1. The molecule has 0 radical (unpaired) electrons. The van der Waals surface area contributed by atoms with Crippen molar-refractivity contribution in [1.29, 1.82) is 0 Å². The van der Waals surface area contributed by atoms with Gasteiger partial charge < -0.3 is 10.2 Å². The van der Waals surface area contributed by atoms with Crippen LogP contribution in [0.15, 0.2) is 18.2 Å². The summed E-state index contributed by atoms with van der Waals surface area (Å²) < 4.78 is 0. The molecule has 1 fully saturated rings. The van der Waals surface area contributed by atoms with Gasteiger partial charge in [0.25, 0.3) is 0 Å². The van der Waals surface area contributed by atoms with E-state index < -0.39 is 0 Å². The average molecular weight is 300 g/mol. The van der Waals surface area contributed by atoms with Crippen LogP contribution in [0.4, 0.5) is 5.69 Å². The molecule has 1 N–H and O–H groups in total. The molecule has 0 bridgehead atoms. The van der Waals surface area contributed by atoms with Crippen LogP contribution in [0.5, 0.6) is 0 Å². The molecular formula is C18H24N2O2. The summed E-state index contributed by atoms with van der Waals surface area (Å²) in [6.07, 6.45) is 5.87. The number of carbonyl (C=O) groups excluding carboxylic acids is 2. The third-order valence-corrected chi connectivity index (χ3v) is 4.73. The Morgan fingerprint density at radius 1 is 1.32 bits per heavy atom. The Balaban J connectivity index is 1.59. The number of carbonyl (C=O) groups is 2. The third kappa shape index (κ3) is 3.16.